The fraction of sp³-hybridized carbons (Fsp3) is 0.100. The molecule has 70 valence electrons. The van der Waals surface area contributed by atoms with Gasteiger partial charge in [0, 0.05) is 18.0 Å². The van der Waals surface area contributed by atoms with Crippen molar-refractivity contribution < 1.29 is 4.73 Å². The van der Waals surface area contributed by atoms with Gasteiger partial charge in [-0.25, -0.2) is 4.73 Å². The zero-order valence-electron chi connectivity index (χ0n) is 7.71. The standard InChI is InChI=1S/C10H9N3O/c1-8-6-12-10(13(14)7-8)9-2-4-11-5-3-9/h2-7H,1H3. The summed E-state index contributed by atoms with van der Waals surface area (Å²) >= 11 is 0. The Morgan fingerprint density at radius 3 is 2.64 bits per heavy atom. The van der Waals surface area contributed by atoms with E-state index < -0.39 is 0 Å². The maximum absolute atomic E-state index is 11.5. The second-order valence-corrected chi connectivity index (χ2v) is 3.02. The summed E-state index contributed by atoms with van der Waals surface area (Å²) in [6.45, 7) is 1.83. The van der Waals surface area contributed by atoms with E-state index in [1.807, 2.05) is 6.92 Å². The van der Waals surface area contributed by atoms with Gasteiger partial charge in [0.2, 0.25) is 0 Å². The third-order valence-corrected chi connectivity index (χ3v) is 1.86. The molecule has 0 amide bonds. The Kier molecular flexibility index (Phi) is 2.10. The predicted molar refractivity (Wildman–Crippen MR) is 51.2 cm³/mol. The molecule has 0 aliphatic heterocycles. The Labute approximate surface area is 81.5 Å². The molecule has 0 N–H and O–H groups in total. The predicted octanol–water partition coefficient (Wildman–Crippen LogP) is 1.09. The van der Waals surface area contributed by atoms with Crippen molar-refractivity contribution in [2.24, 2.45) is 0 Å². The molecule has 0 radical (unpaired) electrons. The van der Waals surface area contributed by atoms with Crippen LogP contribution in [-0.2, 0) is 0 Å². The van der Waals surface area contributed by atoms with Crippen LogP contribution in [0.1, 0.15) is 5.56 Å². The first-order valence-corrected chi connectivity index (χ1v) is 4.23. The molecule has 4 heteroatoms. The highest BCUT2D eigenvalue weighted by Crippen LogP contribution is 2.10. The lowest BCUT2D eigenvalue weighted by molar-refractivity contribution is -0.597. The third kappa shape index (κ3) is 1.54. The van der Waals surface area contributed by atoms with E-state index in [2.05, 4.69) is 9.97 Å². The molecule has 0 spiro atoms. The smallest absolute Gasteiger partial charge is 0.333 e. The molecule has 0 bridgehead atoms. The highest BCUT2D eigenvalue weighted by atomic mass is 16.5. The minimum Gasteiger partial charge on any atom is -0.710 e. The van der Waals surface area contributed by atoms with Crippen molar-refractivity contribution in [1.82, 2.24) is 9.97 Å². The highest BCUT2D eigenvalue weighted by Gasteiger charge is 2.09. The van der Waals surface area contributed by atoms with E-state index >= 15 is 0 Å². The van der Waals surface area contributed by atoms with Gasteiger partial charge in [-0.15, -0.1) is 0 Å². The first-order valence-electron chi connectivity index (χ1n) is 4.23. The van der Waals surface area contributed by atoms with Crippen LogP contribution in [0.2, 0.25) is 0 Å². The van der Waals surface area contributed by atoms with Crippen molar-refractivity contribution in [2.45, 2.75) is 6.92 Å². The van der Waals surface area contributed by atoms with E-state index in [1.165, 1.54) is 6.20 Å². The van der Waals surface area contributed by atoms with Gasteiger partial charge in [0.05, 0.1) is 5.56 Å². The van der Waals surface area contributed by atoms with Gasteiger partial charge in [-0.1, -0.05) is 0 Å². The van der Waals surface area contributed by atoms with Crippen LogP contribution < -0.4 is 4.73 Å². The largest absolute Gasteiger partial charge is 0.710 e. The summed E-state index contributed by atoms with van der Waals surface area (Å²) in [6.07, 6.45) is 6.45. The van der Waals surface area contributed by atoms with Gasteiger partial charge >= 0.3 is 5.82 Å². The molecule has 2 heterocycles. The molecule has 0 aromatic carbocycles. The molecule has 2 aromatic heterocycles. The molecule has 0 aliphatic rings. The van der Waals surface area contributed by atoms with Gasteiger partial charge in [0.1, 0.15) is 12.4 Å². The fourth-order valence-electron chi connectivity index (χ4n) is 1.20. The first kappa shape index (κ1) is 8.62. The number of rotatable bonds is 1. The highest BCUT2D eigenvalue weighted by molar-refractivity contribution is 5.50. The molecule has 2 aromatic rings. The van der Waals surface area contributed by atoms with Gasteiger partial charge < -0.3 is 5.21 Å². The Bertz CT molecular complexity index is 442. The van der Waals surface area contributed by atoms with E-state index in [0.717, 1.165) is 15.9 Å². The number of aryl methyl sites for hydroxylation is 1. The second-order valence-electron chi connectivity index (χ2n) is 3.02. The van der Waals surface area contributed by atoms with Crippen LogP contribution in [-0.4, -0.2) is 9.97 Å². The fourth-order valence-corrected chi connectivity index (χ4v) is 1.20. The number of nitrogens with zero attached hydrogens (tertiary/aromatic N) is 3. The van der Waals surface area contributed by atoms with Crippen molar-refractivity contribution in [3.63, 3.8) is 0 Å². The minimum absolute atomic E-state index is 0.401. The molecule has 0 unspecified atom stereocenters. The zero-order chi connectivity index (χ0) is 9.97. The van der Waals surface area contributed by atoms with Crippen molar-refractivity contribution in [3.05, 3.63) is 47.7 Å². The lowest BCUT2D eigenvalue weighted by Crippen LogP contribution is -2.30. The Morgan fingerprint density at radius 1 is 1.29 bits per heavy atom. The van der Waals surface area contributed by atoms with Crippen LogP contribution in [0.15, 0.2) is 36.9 Å². The van der Waals surface area contributed by atoms with Crippen molar-refractivity contribution in [1.29, 1.82) is 0 Å². The van der Waals surface area contributed by atoms with E-state index in [0.29, 0.717) is 5.82 Å². The van der Waals surface area contributed by atoms with Crippen LogP contribution >= 0.6 is 0 Å². The summed E-state index contributed by atoms with van der Waals surface area (Å²) in [5, 5.41) is 11.5. The van der Waals surface area contributed by atoms with Crippen LogP contribution in [0.25, 0.3) is 11.4 Å². The molecule has 14 heavy (non-hydrogen) atoms. The zero-order valence-corrected chi connectivity index (χ0v) is 7.71. The van der Waals surface area contributed by atoms with Crippen LogP contribution in [0.5, 0.6) is 0 Å². The van der Waals surface area contributed by atoms with E-state index in [4.69, 9.17) is 0 Å². The van der Waals surface area contributed by atoms with E-state index in [-0.39, 0.29) is 0 Å². The van der Waals surface area contributed by atoms with Crippen LogP contribution in [0, 0.1) is 12.1 Å². The number of aromatic nitrogens is 3. The van der Waals surface area contributed by atoms with E-state index in [1.54, 1.807) is 30.7 Å². The maximum Gasteiger partial charge on any atom is 0.333 e. The molecule has 0 saturated carbocycles. The topological polar surface area (TPSA) is 52.7 Å². The number of hydrogen-bond acceptors (Lipinski definition) is 3. The lowest BCUT2D eigenvalue weighted by atomic mass is 10.2. The molecule has 2 rings (SSSR count). The van der Waals surface area contributed by atoms with Crippen molar-refractivity contribution in [2.75, 3.05) is 0 Å². The summed E-state index contributed by atoms with van der Waals surface area (Å²) in [4.78, 5) is 7.95. The number of pyridine rings is 1. The first-order chi connectivity index (χ1) is 6.77. The SMILES string of the molecule is Cc1cnc(-c2ccncc2)[n+]([O-])c1. The van der Waals surface area contributed by atoms with Crippen molar-refractivity contribution in [3.8, 4) is 11.4 Å². The molecule has 0 aliphatic carbocycles. The normalized spacial score (nSPS) is 10.1. The Balaban J connectivity index is 2.53. The van der Waals surface area contributed by atoms with E-state index in [9.17, 15) is 5.21 Å². The third-order valence-electron chi connectivity index (χ3n) is 1.86. The summed E-state index contributed by atoms with van der Waals surface area (Å²) in [5.74, 6) is 0.401. The minimum atomic E-state index is 0.401. The molecular weight excluding hydrogens is 178 g/mol. The lowest BCUT2D eigenvalue weighted by Gasteiger charge is -2.05. The average molecular weight is 187 g/mol. The molecule has 0 fully saturated rings. The monoisotopic (exact) mass is 187 g/mol. The van der Waals surface area contributed by atoms with Crippen LogP contribution in [0.3, 0.4) is 0 Å². The van der Waals surface area contributed by atoms with Gasteiger partial charge in [-0.3, -0.25) is 4.98 Å². The maximum atomic E-state index is 11.5. The van der Waals surface area contributed by atoms with Gasteiger partial charge in [-0.2, -0.15) is 0 Å². The van der Waals surface area contributed by atoms with Gasteiger partial charge in [-0.05, 0) is 24.0 Å². The van der Waals surface area contributed by atoms with Gasteiger partial charge in [0.25, 0.3) is 0 Å². The molecule has 0 saturated heterocycles. The molecular formula is C10H9N3O. The van der Waals surface area contributed by atoms with Crippen LogP contribution in [0.4, 0.5) is 0 Å². The second kappa shape index (κ2) is 3.41. The number of hydrogen-bond donors (Lipinski definition) is 0. The summed E-state index contributed by atoms with van der Waals surface area (Å²) < 4.78 is 0.769. The Morgan fingerprint density at radius 2 is 2.00 bits per heavy atom. The molecule has 4 nitrogen and oxygen atoms in total. The van der Waals surface area contributed by atoms with Crippen molar-refractivity contribution >= 4 is 0 Å². The summed E-state index contributed by atoms with van der Waals surface area (Å²) in [6, 6.07) is 3.51. The average Bonchev–Trinajstić information content (AvgIpc) is 2.19. The van der Waals surface area contributed by atoms with Gasteiger partial charge in [0.15, 0.2) is 0 Å². The summed E-state index contributed by atoms with van der Waals surface area (Å²) in [5.41, 5.74) is 1.62. The Hall–Kier alpha value is -1.97. The quantitative estimate of drug-likeness (QED) is 0.496. The summed E-state index contributed by atoms with van der Waals surface area (Å²) in [7, 11) is 0. The molecule has 0 atom stereocenters.